The minimum atomic E-state index is -1.10. The molecule has 3 rings (SSSR count). The molecule has 2 aliphatic rings. The van der Waals surface area contributed by atoms with Gasteiger partial charge < -0.3 is 20.1 Å². The lowest BCUT2D eigenvalue weighted by molar-refractivity contribution is -0.185. The summed E-state index contributed by atoms with van der Waals surface area (Å²) in [5.41, 5.74) is -1.11. The highest BCUT2D eigenvalue weighted by Gasteiger charge is 2.69. The van der Waals surface area contributed by atoms with Crippen molar-refractivity contribution in [2.75, 3.05) is 0 Å². The molecule has 2 heterocycles. The van der Waals surface area contributed by atoms with E-state index < -0.39 is 41.3 Å². The number of benzene rings is 1. The van der Waals surface area contributed by atoms with Crippen molar-refractivity contribution >= 4 is 17.9 Å². The minimum Gasteiger partial charge on any atom is -0.444 e. The first-order valence-corrected chi connectivity index (χ1v) is 13.9. The van der Waals surface area contributed by atoms with E-state index in [4.69, 9.17) is 4.74 Å². The second-order valence-electron chi connectivity index (χ2n) is 11.8. The van der Waals surface area contributed by atoms with E-state index in [2.05, 4.69) is 12.2 Å². The average molecular weight is 534 g/mol. The Morgan fingerprint density at radius 1 is 1.18 bits per heavy atom. The predicted octanol–water partition coefficient (Wildman–Crippen LogP) is 4.53. The molecule has 0 saturated carbocycles. The van der Waals surface area contributed by atoms with Crippen LogP contribution < -0.4 is 5.32 Å². The number of aliphatic hydroxyl groups is 1. The lowest BCUT2D eigenvalue weighted by atomic mass is 9.75. The molecule has 4 unspecified atom stereocenters. The second kappa shape index (κ2) is 12.0. The van der Waals surface area contributed by atoms with Crippen molar-refractivity contribution in [3.8, 4) is 0 Å². The molecule has 2 N–H and O–H groups in total. The van der Waals surface area contributed by atoms with E-state index in [0.717, 1.165) is 25.7 Å². The summed E-state index contributed by atoms with van der Waals surface area (Å²) in [5, 5.41) is 14.0. The van der Waals surface area contributed by atoms with E-state index >= 15 is 0 Å². The van der Waals surface area contributed by atoms with E-state index in [-0.39, 0.29) is 24.3 Å². The number of β-lactam (4-membered cyclic amide) rings is 1. The minimum absolute atomic E-state index is 0.140. The third-order valence-corrected chi connectivity index (χ3v) is 7.78. The predicted molar refractivity (Wildman–Crippen MR) is 143 cm³/mol. The highest BCUT2D eigenvalue weighted by atomic mass is 19.1. The van der Waals surface area contributed by atoms with Crippen molar-refractivity contribution in [1.82, 2.24) is 15.1 Å². The summed E-state index contributed by atoms with van der Waals surface area (Å²) in [6, 6.07) is 4.02. The molecule has 2 saturated heterocycles. The Morgan fingerprint density at radius 3 is 2.42 bits per heavy atom. The lowest BCUT2D eigenvalue weighted by Crippen LogP contribution is -2.82. The smallest absolute Gasteiger partial charge is 0.411 e. The van der Waals surface area contributed by atoms with Crippen molar-refractivity contribution in [3.05, 3.63) is 35.6 Å². The van der Waals surface area contributed by atoms with Gasteiger partial charge >= 0.3 is 6.09 Å². The number of carbonyl (C=O) groups excluding carboxylic acids is 3. The number of ether oxygens (including phenoxy) is 1. The number of aliphatic hydroxyl groups excluding tert-OH is 1. The number of carbonyl (C=O) groups is 3. The van der Waals surface area contributed by atoms with Gasteiger partial charge in [-0.2, -0.15) is 0 Å². The fourth-order valence-electron chi connectivity index (χ4n) is 5.78. The summed E-state index contributed by atoms with van der Waals surface area (Å²) in [4.78, 5) is 43.5. The summed E-state index contributed by atoms with van der Waals surface area (Å²) in [5.74, 6) is -1.18. The molecule has 1 aromatic rings. The Bertz CT molecular complexity index is 995. The third-order valence-electron chi connectivity index (χ3n) is 7.78. The molecule has 0 bridgehead atoms. The van der Waals surface area contributed by atoms with Crippen LogP contribution in [0, 0.1) is 5.82 Å². The number of likely N-dealkylation sites (tertiary alicyclic amines) is 2. The quantitative estimate of drug-likeness (QED) is 0.340. The number of unbranched alkanes of at least 4 members (excludes halogenated alkanes) is 3. The molecule has 1 aromatic carbocycles. The van der Waals surface area contributed by atoms with E-state index in [1.54, 1.807) is 37.8 Å². The highest BCUT2D eigenvalue weighted by Crippen LogP contribution is 2.48. The number of hydrogen-bond donors (Lipinski definition) is 2. The first-order valence-electron chi connectivity index (χ1n) is 13.9. The first-order chi connectivity index (χ1) is 17.8. The van der Waals surface area contributed by atoms with Crippen LogP contribution in [0.15, 0.2) is 24.3 Å². The number of nitrogens with zero attached hydrogens (tertiary/aromatic N) is 2. The standard InChI is InChI=1S/C29H44FN3O5/c1-7-8-9-10-11-23(34)24(25(35)31-18-21-12-14-22(30)15-13-21)32-20(3)29(26(32)36)17-16-19(2)33(29)27(37)38-28(4,5)6/h12-15,19-20,23-24,34H,7-11,16-18H2,1-6H3,(H,31,35)/t19?,20?,23?,24-,29?/m0/s1. The van der Waals surface area contributed by atoms with Crippen LogP contribution in [0.5, 0.6) is 0 Å². The number of amides is 3. The monoisotopic (exact) mass is 533 g/mol. The largest absolute Gasteiger partial charge is 0.444 e. The molecule has 38 heavy (non-hydrogen) atoms. The normalized spacial score (nSPS) is 24.8. The average Bonchev–Trinajstić information content (AvgIpc) is 3.22. The fraction of sp³-hybridized carbons (Fsp3) is 0.690. The maximum absolute atomic E-state index is 13.9. The SMILES string of the molecule is CCCCCCC(O)[C@@H](C(=O)NCc1ccc(F)cc1)N1C(=O)C2(CCC(C)N2C(=O)OC(C)(C)C)C1C. The molecule has 9 heteroatoms. The van der Waals surface area contributed by atoms with Gasteiger partial charge in [0.15, 0.2) is 0 Å². The van der Waals surface area contributed by atoms with Crippen LogP contribution in [0.4, 0.5) is 9.18 Å². The Morgan fingerprint density at radius 2 is 1.84 bits per heavy atom. The van der Waals surface area contributed by atoms with E-state index in [9.17, 15) is 23.9 Å². The summed E-state index contributed by atoms with van der Waals surface area (Å²) in [6.07, 6.45) is 3.63. The molecular weight excluding hydrogens is 489 g/mol. The highest BCUT2D eigenvalue weighted by molar-refractivity contribution is 6.01. The molecule has 0 aromatic heterocycles. The van der Waals surface area contributed by atoms with Crippen LogP contribution in [0.1, 0.15) is 92.1 Å². The molecule has 0 aliphatic carbocycles. The zero-order chi connectivity index (χ0) is 28.3. The number of nitrogens with one attached hydrogen (secondary N) is 1. The van der Waals surface area contributed by atoms with Crippen LogP contribution in [-0.2, 0) is 20.9 Å². The zero-order valence-corrected chi connectivity index (χ0v) is 23.6. The van der Waals surface area contributed by atoms with Crippen molar-refractivity contribution in [2.45, 2.75) is 128 Å². The number of halogens is 1. The molecule has 3 amide bonds. The third kappa shape index (κ3) is 6.14. The molecule has 0 radical (unpaired) electrons. The van der Waals surface area contributed by atoms with E-state index in [1.807, 2.05) is 13.8 Å². The maximum Gasteiger partial charge on any atom is 0.411 e. The molecular formula is C29H44FN3O5. The lowest BCUT2D eigenvalue weighted by Gasteiger charge is -2.59. The van der Waals surface area contributed by atoms with Gasteiger partial charge in [-0.25, -0.2) is 9.18 Å². The Hall–Kier alpha value is -2.68. The summed E-state index contributed by atoms with van der Waals surface area (Å²) >= 11 is 0. The van der Waals surface area contributed by atoms with Crippen LogP contribution in [0.3, 0.4) is 0 Å². The number of hydrogen-bond acceptors (Lipinski definition) is 5. The van der Waals surface area contributed by atoms with Gasteiger partial charge in [0.2, 0.25) is 5.91 Å². The van der Waals surface area contributed by atoms with Crippen LogP contribution in [0.25, 0.3) is 0 Å². The Kier molecular flexibility index (Phi) is 9.44. The van der Waals surface area contributed by atoms with E-state index in [1.165, 1.54) is 17.0 Å². The van der Waals surface area contributed by atoms with Gasteiger partial charge in [-0.1, -0.05) is 44.7 Å². The molecule has 1 spiro atoms. The van der Waals surface area contributed by atoms with Gasteiger partial charge in [0.05, 0.1) is 12.1 Å². The molecule has 2 aliphatic heterocycles. The second-order valence-corrected chi connectivity index (χ2v) is 11.8. The van der Waals surface area contributed by atoms with Gasteiger partial charge in [0, 0.05) is 12.6 Å². The van der Waals surface area contributed by atoms with Crippen LogP contribution in [-0.4, -0.2) is 68.2 Å². The molecule has 8 nitrogen and oxygen atoms in total. The van der Waals surface area contributed by atoms with Crippen molar-refractivity contribution in [1.29, 1.82) is 0 Å². The molecule has 212 valence electrons. The van der Waals surface area contributed by atoms with Gasteiger partial charge in [-0.3, -0.25) is 14.5 Å². The maximum atomic E-state index is 13.9. The topological polar surface area (TPSA) is 99.2 Å². The van der Waals surface area contributed by atoms with E-state index in [0.29, 0.717) is 24.8 Å². The zero-order valence-electron chi connectivity index (χ0n) is 23.6. The number of rotatable bonds is 10. The molecule has 5 atom stereocenters. The fourth-order valence-corrected chi connectivity index (χ4v) is 5.78. The van der Waals surface area contributed by atoms with Crippen LogP contribution >= 0.6 is 0 Å². The van der Waals surface area contributed by atoms with Gasteiger partial charge in [0.1, 0.15) is 23.0 Å². The van der Waals surface area contributed by atoms with Crippen molar-refractivity contribution < 1.29 is 28.6 Å². The van der Waals surface area contributed by atoms with Crippen molar-refractivity contribution in [3.63, 3.8) is 0 Å². The van der Waals surface area contributed by atoms with Gasteiger partial charge in [-0.15, -0.1) is 0 Å². The summed E-state index contributed by atoms with van der Waals surface area (Å²) < 4.78 is 18.9. The Labute approximate surface area is 225 Å². The summed E-state index contributed by atoms with van der Waals surface area (Å²) in [6.45, 7) is 11.3. The van der Waals surface area contributed by atoms with Crippen molar-refractivity contribution in [2.24, 2.45) is 0 Å². The van der Waals surface area contributed by atoms with Gasteiger partial charge in [0.25, 0.3) is 5.91 Å². The van der Waals surface area contributed by atoms with Crippen LogP contribution in [0.2, 0.25) is 0 Å². The van der Waals surface area contributed by atoms with Gasteiger partial charge in [-0.05, 0) is 71.6 Å². The first kappa shape index (κ1) is 29.9. The molecule has 2 fully saturated rings. The Balaban J connectivity index is 1.82. The summed E-state index contributed by atoms with van der Waals surface area (Å²) in [7, 11) is 0.